The molecule has 1 aliphatic rings. The number of hydrogen-bond donors (Lipinski definition) is 2. The van der Waals surface area contributed by atoms with Crippen LogP contribution in [0.15, 0.2) is 17.3 Å². The molecule has 0 atom stereocenters. The lowest BCUT2D eigenvalue weighted by Crippen LogP contribution is -2.43. The molecule has 0 aromatic carbocycles. The van der Waals surface area contributed by atoms with Crippen molar-refractivity contribution in [3.8, 4) is 0 Å². The Morgan fingerprint density at radius 2 is 2.00 bits per heavy atom. The second-order valence-corrected chi connectivity index (χ2v) is 7.15. The standard InChI is InChI=1S/C18H30ClN5O/c1-20-18(24(3)13-16-11-15(19)12-23(16)2)22-10-9-21-17(25)14-7-5-4-6-8-14/h11-12,14H,4-10,13H2,1-3H3,(H,20,22)(H,21,25). The Bertz CT molecular complexity index is 592. The highest BCUT2D eigenvalue weighted by molar-refractivity contribution is 6.30. The molecular weight excluding hydrogens is 338 g/mol. The van der Waals surface area contributed by atoms with Crippen LogP contribution in [0.3, 0.4) is 0 Å². The summed E-state index contributed by atoms with van der Waals surface area (Å²) in [5, 5.41) is 7.06. The molecule has 1 aromatic rings. The number of halogens is 1. The van der Waals surface area contributed by atoms with E-state index in [4.69, 9.17) is 11.6 Å². The molecule has 1 aromatic heterocycles. The number of amides is 1. The van der Waals surface area contributed by atoms with Crippen molar-refractivity contribution in [2.75, 3.05) is 27.2 Å². The summed E-state index contributed by atoms with van der Waals surface area (Å²) in [7, 11) is 5.72. The Labute approximate surface area is 155 Å². The molecule has 1 aliphatic carbocycles. The van der Waals surface area contributed by atoms with Gasteiger partial charge in [0, 0.05) is 52.0 Å². The van der Waals surface area contributed by atoms with Crippen LogP contribution in [0.5, 0.6) is 0 Å². The first-order valence-corrected chi connectivity index (χ1v) is 9.39. The number of aryl methyl sites for hydroxylation is 1. The predicted octanol–water partition coefficient (Wildman–Crippen LogP) is 2.38. The van der Waals surface area contributed by atoms with Gasteiger partial charge in [0.15, 0.2) is 5.96 Å². The van der Waals surface area contributed by atoms with E-state index in [1.165, 1.54) is 19.3 Å². The molecule has 0 aliphatic heterocycles. The third-order valence-corrected chi connectivity index (χ3v) is 4.94. The van der Waals surface area contributed by atoms with Gasteiger partial charge in [0.05, 0.1) is 11.6 Å². The minimum atomic E-state index is 0.197. The van der Waals surface area contributed by atoms with Crippen molar-refractivity contribution in [3.63, 3.8) is 0 Å². The summed E-state index contributed by atoms with van der Waals surface area (Å²) >= 11 is 6.03. The molecule has 0 radical (unpaired) electrons. The van der Waals surface area contributed by atoms with Gasteiger partial charge in [0.1, 0.15) is 0 Å². The van der Waals surface area contributed by atoms with E-state index < -0.39 is 0 Å². The molecule has 2 N–H and O–H groups in total. The second-order valence-electron chi connectivity index (χ2n) is 6.72. The van der Waals surface area contributed by atoms with Crippen molar-refractivity contribution in [1.29, 1.82) is 0 Å². The molecule has 7 heteroatoms. The third-order valence-electron chi connectivity index (χ3n) is 4.73. The molecule has 0 unspecified atom stereocenters. The monoisotopic (exact) mass is 367 g/mol. The van der Waals surface area contributed by atoms with E-state index >= 15 is 0 Å². The quantitative estimate of drug-likeness (QED) is 0.461. The zero-order valence-corrected chi connectivity index (χ0v) is 16.3. The van der Waals surface area contributed by atoms with Crippen LogP contribution < -0.4 is 10.6 Å². The molecule has 1 amide bonds. The van der Waals surface area contributed by atoms with Crippen molar-refractivity contribution in [1.82, 2.24) is 20.1 Å². The molecule has 0 saturated heterocycles. The van der Waals surface area contributed by atoms with E-state index in [0.717, 1.165) is 29.5 Å². The number of aromatic nitrogens is 1. The summed E-state index contributed by atoms with van der Waals surface area (Å²) < 4.78 is 2.01. The number of carbonyl (C=O) groups is 1. The van der Waals surface area contributed by atoms with E-state index in [2.05, 4.69) is 15.6 Å². The minimum Gasteiger partial charge on any atom is -0.354 e. The van der Waals surface area contributed by atoms with Gasteiger partial charge >= 0.3 is 0 Å². The van der Waals surface area contributed by atoms with Crippen LogP contribution in [-0.4, -0.2) is 48.5 Å². The minimum absolute atomic E-state index is 0.197. The highest BCUT2D eigenvalue weighted by atomic mass is 35.5. The molecule has 0 bridgehead atoms. The number of carbonyl (C=O) groups excluding carboxylic acids is 1. The average Bonchev–Trinajstić information content (AvgIpc) is 2.92. The van der Waals surface area contributed by atoms with Crippen molar-refractivity contribution in [2.45, 2.75) is 38.6 Å². The molecule has 1 saturated carbocycles. The molecule has 2 rings (SSSR count). The van der Waals surface area contributed by atoms with Crippen molar-refractivity contribution >= 4 is 23.5 Å². The summed E-state index contributed by atoms with van der Waals surface area (Å²) in [5.41, 5.74) is 1.11. The first kappa shape index (κ1) is 19.6. The number of hydrogen-bond acceptors (Lipinski definition) is 2. The Morgan fingerprint density at radius 3 is 2.60 bits per heavy atom. The molecule has 6 nitrogen and oxygen atoms in total. The molecule has 1 heterocycles. The zero-order valence-electron chi connectivity index (χ0n) is 15.5. The van der Waals surface area contributed by atoms with E-state index in [-0.39, 0.29) is 11.8 Å². The summed E-state index contributed by atoms with van der Waals surface area (Å²) in [6.07, 6.45) is 7.57. The Kier molecular flexibility index (Phi) is 7.62. The zero-order chi connectivity index (χ0) is 18.2. The number of nitrogens with zero attached hydrogens (tertiary/aromatic N) is 3. The first-order valence-electron chi connectivity index (χ1n) is 9.01. The van der Waals surface area contributed by atoms with Crippen LogP contribution in [-0.2, 0) is 18.4 Å². The van der Waals surface area contributed by atoms with Gasteiger partial charge in [0.2, 0.25) is 5.91 Å². The maximum absolute atomic E-state index is 12.1. The average molecular weight is 368 g/mol. The van der Waals surface area contributed by atoms with Crippen LogP contribution in [0.1, 0.15) is 37.8 Å². The van der Waals surface area contributed by atoms with Gasteiger partial charge in [-0.25, -0.2) is 0 Å². The fourth-order valence-corrected chi connectivity index (χ4v) is 3.57. The van der Waals surface area contributed by atoms with Crippen LogP contribution in [0.2, 0.25) is 5.02 Å². The van der Waals surface area contributed by atoms with Gasteiger partial charge in [0.25, 0.3) is 0 Å². The van der Waals surface area contributed by atoms with E-state index in [1.807, 2.05) is 35.8 Å². The Morgan fingerprint density at radius 1 is 1.32 bits per heavy atom. The lowest BCUT2D eigenvalue weighted by Gasteiger charge is -2.23. The van der Waals surface area contributed by atoms with Gasteiger partial charge in [-0.2, -0.15) is 0 Å². The fraction of sp³-hybridized carbons (Fsp3) is 0.667. The molecule has 0 spiro atoms. The maximum Gasteiger partial charge on any atom is 0.223 e. The molecular formula is C18H30ClN5O. The maximum atomic E-state index is 12.1. The first-order chi connectivity index (χ1) is 12.0. The smallest absolute Gasteiger partial charge is 0.223 e. The topological polar surface area (TPSA) is 61.7 Å². The normalized spacial score (nSPS) is 15.9. The number of rotatable bonds is 6. The Hall–Kier alpha value is -1.69. The van der Waals surface area contributed by atoms with E-state index in [1.54, 1.807) is 7.05 Å². The van der Waals surface area contributed by atoms with E-state index in [9.17, 15) is 4.79 Å². The van der Waals surface area contributed by atoms with Gasteiger partial charge < -0.3 is 20.1 Å². The van der Waals surface area contributed by atoms with Crippen molar-refractivity contribution < 1.29 is 4.79 Å². The molecule has 140 valence electrons. The summed E-state index contributed by atoms with van der Waals surface area (Å²) in [6, 6.07) is 1.95. The predicted molar refractivity (Wildman–Crippen MR) is 103 cm³/mol. The van der Waals surface area contributed by atoms with Gasteiger partial charge in [-0.1, -0.05) is 30.9 Å². The van der Waals surface area contributed by atoms with E-state index in [0.29, 0.717) is 19.6 Å². The largest absolute Gasteiger partial charge is 0.354 e. The lowest BCUT2D eigenvalue weighted by molar-refractivity contribution is -0.125. The fourth-order valence-electron chi connectivity index (χ4n) is 3.30. The number of guanidine groups is 1. The number of nitrogens with one attached hydrogen (secondary N) is 2. The van der Waals surface area contributed by atoms with Gasteiger partial charge in [-0.3, -0.25) is 9.79 Å². The van der Waals surface area contributed by atoms with Crippen molar-refractivity contribution in [2.24, 2.45) is 18.0 Å². The van der Waals surface area contributed by atoms with Crippen LogP contribution in [0, 0.1) is 5.92 Å². The van der Waals surface area contributed by atoms with Crippen LogP contribution in [0.4, 0.5) is 0 Å². The SMILES string of the molecule is CN=C(NCCNC(=O)C1CCCCC1)N(C)Cc1cc(Cl)cn1C. The lowest BCUT2D eigenvalue weighted by atomic mass is 9.89. The second kappa shape index (κ2) is 9.70. The van der Waals surface area contributed by atoms with Gasteiger partial charge in [-0.15, -0.1) is 0 Å². The Balaban J connectivity index is 1.72. The molecule has 1 fully saturated rings. The van der Waals surface area contributed by atoms with Crippen LogP contribution >= 0.6 is 11.6 Å². The number of aliphatic imine (C=N–C) groups is 1. The summed E-state index contributed by atoms with van der Waals surface area (Å²) in [4.78, 5) is 18.5. The van der Waals surface area contributed by atoms with Gasteiger partial charge in [-0.05, 0) is 18.9 Å². The molecule has 25 heavy (non-hydrogen) atoms. The highest BCUT2D eigenvalue weighted by Gasteiger charge is 2.20. The highest BCUT2D eigenvalue weighted by Crippen LogP contribution is 2.23. The summed E-state index contributed by atoms with van der Waals surface area (Å²) in [5.74, 6) is 1.20. The van der Waals surface area contributed by atoms with Crippen molar-refractivity contribution in [3.05, 3.63) is 23.0 Å². The van der Waals surface area contributed by atoms with Crippen LogP contribution in [0.25, 0.3) is 0 Å². The third kappa shape index (κ3) is 5.96. The summed E-state index contributed by atoms with van der Waals surface area (Å²) in [6.45, 7) is 1.97.